The summed E-state index contributed by atoms with van der Waals surface area (Å²) in [5.74, 6) is -1.01. The quantitative estimate of drug-likeness (QED) is 0.346. The van der Waals surface area contributed by atoms with E-state index in [0.717, 1.165) is 17.7 Å². The highest BCUT2D eigenvalue weighted by Crippen LogP contribution is 2.03. The van der Waals surface area contributed by atoms with Gasteiger partial charge in [-0.1, -0.05) is 0 Å². The number of hydrogen-bond donors (Lipinski definition) is 1. The molecule has 0 fully saturated rings. The second kappa shape index (κ2) is 7.77. The van der Waals surface area contributed by atoms with Gasteiger partial charge in [-0.2, -0.15) is 0 Å². The van der Waals surface area contributed by atoms with Gasteiger partial charge in [0, 0.05) is 18.8 Å². The smallest absolute Gasteiger partial charge is 0.253 e. The summed E-state index contributed by atoms with van der Waals surface area (Å²) in [6.07, 6.45) is 6.59. The third-order valence-electron chi connectivity index (χ3n) is 3.40. The first-order valence-electron chi connectivity index (χ1n) is 7.20. The minimum atomic E-state index is -0.722. The van der Waals surface area contributed by atoms with E-state index in [1.165, 1.54) is 24.3 Å². The van der Waals surface area contributed by atoms with E-state index in [1.807, 2.05) is 0 Å². The van der Waals surface area contributed by atoms with Gasteiger partial charge in [0.2, 0.25) is 0 Å². The maximum atomic E-state index is 11.3. The molecule has 22 heavy (non-hydrogen) atoms. The first-order chi connectivity index (χ1) is 10.6. The van der Waals surface area contributed by atoms with E-state index >= 15 is 0 Å². The van der Waals surface area contributed by atoms with Crippen LogP contribution >= 0.6 is 0 Å². The van der Waals surface area contributed by atoms with Crippen molar-refractivity contribution in [1.29, 1.82) is 0 Å². The lowest BCUT2D eigenvalue weighted by molar-refractivity contribution is -0.137. The summed E-state index contributed by atoms with van der Waals surface area (Å²) in [5.41, 5.74) is 0. The SMILES string of the molecule is O=C1C=CC(=O)C1NCCCCOCCN1C(=O)C=CC1=O. The molecule has 0 saturated carbocycles. The van der Waals surface area contributed by atoms with Crippen LogP contribution in [0.15, 0.2) is 24.3 Å². The summed E-state index contributed by atoms with van der Waals surface area (Å²) < 4.78 is 5.36. The van der Waals surface area contributed by atoms with Crippen molar-refractivity contribution in [3.63, 3.8) is 0 Å². The lowest BCUT2D eigenvalue weighted by Gasteiger charge is -2.13. The number of hydrogen-bond acceptors (Lipinski definition) is 6. The Kier molecular flexibility index (Phi) is 5.74. The van der Waals surface area contributed by atoms with Gasteiger partial charge in [0.15, 0.2) is 11.6 Å². The van der Waals surface area contributed by atoms with E-state index in [4.69, 9.17) is 4.74 Å². The van der Waals surface area contributed by atoms with Crippen LogP contribution in [0.5, 0.6) is 0 Å². The van der Waals surface area contributed by atoms with E-state index < -0.39 is 6.04 Å². The summed E-state index contributed by atoms with van der Waals surface area (Å²) in [4.78, 5) is 46.3. The molecule has 0 spiro atoms. The average Bonchev–Trinajstić information content (AvgIpc) is 2.98. The van der Waals surface area contributed by atoms with Gasteiger partial charge in [-0.15, -0.1) is 0 Å². The summed E-state index contributed by atoms with van der Waals surface area (Å²) in [6.45, 7) is 1.60. The Morgan fingerprint density at radius 1 is 0.909 bits per heavy atom. The van der Waals surface area contributed by atoms with Crippen LogP contribution < -0.4 is 5.32 Å². The number of amides is 2. The van der Waals surface area contributed by atoms with Crippen molar-refractivity contribution in [2.24, 2.45) is 0 Å². The molecule has 1 heterocycles. The maximum Gasteiger partial charge on any atom is 0.253 e. The van der Waals surface area contributed by atoms with E-state index in [1.54, 1.807) is 0 Å². The molecule has 0 bridgehead atoms. The van der Waals surface area contributed by atoms with Gasteiger partial charge in [-0.05, 0) is 31.5 Å². The normalized spacial score (nSPS) is 18.3. The molecule has 0 aromatic rings. The van der Waals surface area contributed by atoms with Crippen LogP contribution in [0.2, 0.25) is 0 Å². The van der Waals surface area contributed by atoms with E-state index in [-0.39, 0.29) is 29.9 Å². The van der Waals surface area contributed by atoms with Crippen LogP contribution in [0.25, 0.3) is 0 Å². The highest BCUT2D eigenvalue weighted by atomic mass is 16.5. The Labute approximate surface area is 128 Å². The lowest BCUT2D eigenvalue weighted by atomic mass is 10.2. The fourth-order valence-corrected chi connectivity index (χ4v) is 2.18. The van der Waals surface area contributed by atoms with E-state index in [2.05, 4.69) is 5.32 Å². The first kappa shape index (κ1) is 16.3. The average molecular weight is 306 g/mol. The molecule has 1 aliphatic carbocycles. The Hall–Kier alpha value is -2.12. The highest BCUT2D eigenvalue weighted by Gasteiger charge is 2.26. The lowest BCUT2D eigenvalue weighted by Crippen LogP contribution is -2.39. The van der Waals surface area contributed by atoms with Crippen molar-refractivity contribution in [2.75, 3.05) is 26.3 Å². The van der Waals surface area contributed by atoms with Crippen molar-refractivity contribution in [3.8, 4) is 0 Å². The van der Waals surface area contributed by atoms with Gasteiger partial charge < -0.3 is 10.1 Å². The van der Waals surface area contributed by atoms with Gasteiger partial charge in [0.25, 0.3) is 11.8 Å². The second-order valence-corrected chi connectivity index (χ2v) is 5.01. The van der Waals surface area contributed by atoms with Crippen LogP contribution in [0, 0.1) is 0 Å². The van der Waals surface area contributed by atoms with Crippen LogP contribution in [-0.2, 0) is 23.9 Å². The van der Waals surface area contributed by atoms with Crippen LogP contribution in [0.1, 0.15) is 12.8 Å². The number of nitrogens with zero attached hydrogens (tertiary/aromatic N) is 1. The second-order valence-electron chi connectivity index (χ2n) is 5.01. The van der Waals surface area contributed by atoms with E-state index in [0.29, 0.717) is 19.8 Å². The van der Waals surface area contributed by atoms with Crippen molar-refractivity contribution < 1.29 is 23.9 Å². The van der Waals surface area contributed by atoms with Crippen LogP contribution in [0.3, 0.4) is 0 Å². The molecule has 0 unspecified atom stereocenters. The number of carbonyl (C=O) groups is 4. The number of nitrogens with one attached hydrogen (secondary N) is 1. The molecule has 0 aromatic heterocycles. The molecule has 0 aromatic carbocycles. The monoisotopic (exact) mass is 306 g/mol. The Bertz CT molecular complexity index is 454. The molecule has 2 amide bonds. The van der Waals surface area contributed by atoms with Crippen molar-refractivity contribution in [3.05, 3.63) is 24.3 Å². The summed E-state index contributed by atoms with van der Waals surface area (Å²) in [5, 5.41) is 2.91. The minimum Gasteiger partial charge on any atom is -0.380 e. The molecular formula is C15H18N2O5. The molecule has 7 nitrogen and oxygen atoms in total. The molecule has 2 rings (SSSR count). The fourth-order valence-electron chi connectivity index (χ4n) is 2.18. The first-order valence-corrected chi connectivity index (χ1v) is 7.20. The van der Waals surface area contributed by atoms with Crippen molar-refractivity contribution in [1.82, 2.24) is 10.2 Å². The highest BCUT2D eigenvalue weighted by molar-refractivity contribution is 6.22. The van der Waals surface area contributed by atoms with Gasteiger partial charge in [-0.25, -0.2) is 0 Å². The largest absolute Gasteiger partial charge is 0.380 e. The minimum absolute atomic E-state index is 0.199. The zero-order valence-electron chi connectivity index (χ0n) is 12.1. The molecule has 7 heteroatoms. The molecular weight excluding hydrogens is 288 g/mol. The van der Waals surface area contributed by atoms with Crippen LogP contribution in [0.4, 0.5) is 0 Å². The number of ether oxygens (including phenoxy) is 1. The zero-order chi connectivity index (χ0) is 15.9. The number of rotatable bonds is 9. The molecule has 1 N–H and O–H groups in total. The number of carbonyl (C=O) groups excluding carboxylic acids is 4. The zero-order valence-corrected chi connectivity index (χ0v) is 12.1. The molecule has 0 radical (unpaired) electrons. The topological polar surface area (TPSA) is 92.8 Å². The maximum absolute atomic E-state index is 11.3. The van der Waals surface area contributed by atoms with Gasteiger partial charge in [0.05, 0.1) is 13.2 Å². The van der Waals surface area contributed by atoms with Crippen LogP contribution in [-0.4, -0.2) is 60.6 Å². The Morgan fingerprint density at radius 2 is 1.55 bits per heavy atom. The summed E-state index contributed by atoms with van der Waals surface area (Å²) >= 11 is 0. The predicted molar refractivity (Wildman–Crippen MR) is 76.9 cm³/mol. The van der Waals surface area contributed by atoms with Gasteiger partial charge in [0.1, 0.15) is 6.04 Å². The number of imide groups is 1. The van der Waals surface area contributed by atoms with E-state index in [9.17, 15) is 19.2 Å². The predicted octanol–water partition coefficient (Wildman–Crippen LogP) is -0.626. The van der Waals surface area contributed by atoms with Crippen molar-refractivity contribution >= 4 is 23.4 Å². The molecule has 118 valence electrons. The standard InChI is InChI=1S/C15H18N2O5/c18-11-3-4-12(19)15(11)16-7-1-2-9-22-10-8-17-13(20)5-6-14(17)21/h3-6,15-16H,1-2,7-10H2. The molecule has 0 atom stereocenters. The number of ketones is 2. The Balaban J connectivity index is 1.47. The molecule has 1 aliphatic heterocycles. The number of unbranched alkanes of at least 4 members (excludes halogenated alkanes) is 1. The summed E-state index contributed by atoms with van der Waals surface area (Å²) in [6, 6.07) is -0.722. The Morgan fingerprint density at radius 3 is 2.18 bits per heavy atom. The third kappa shape index (κ3) is 4.19. The molecule has 0 saturated heterocycles. The van der Waals surface area contributed by atoms with Gasteiger partial charge in [-0.3, -0.25) is 24.1 Å². The summed E-state index contributed by atoms with van der Waals surface area (Å²) in [7, 11) is 0. The van der Waals surface area contributed by atoms with Gasteiger partial charge >= 0.3 is 0 Å². The third-order valence-corrected chi connectivity index (χ3v) is 3.40. The fraction of sp³-hybridized carbons (Fsp3) is 0.467. The van der Waals surface area contributed by atoms with Crippen molar-refractivity contribution in [2.45, 2.75) is 18.9 Å². The molecule has 2 aliphatic rings.